The predicted octanol–water partition coefficient (Wildman–Crippen LogP) is -0.367. The van der Waals surface area contributed by atoms with Gasteiger partial charge >= 0.3 is 5.69 Å². The maximum Gasteiger partial charge on any atom is 0.351 e. The van der Waals surface area contributed by atoms with Crippen LogP contribution in [0.2, 0.25) is 0 Å². The van der Waals surface area contributed by atoms with Gasteiger partial charge in [0.05, 0.1) is 12.9 Å². The fourth-order valence-corrected chi connectivity index (χ4v) is 2.77. The molecule has 0 spiro atoms. The van der Waals surface area contributed by atoms with Crippen molar-refractivity contribution < 1.29 is 20.1 Å². The summed E-state index contributed by atoms with van der Waals surface area (Å²) in [6.07, 6.45) is -1.61. The molecule has 1 aliphatic heterocycles. The van der Waals surface area contributed by atoms with Gasteiger partial charge in [-0.15, -0.1) is 0 Å². The highest BCUT2D eigenvalue weighted by atomic mass is 16.6. The highest BCUT2D eigenvalue weighted by molar-refractivity contribution is 5.60. The first-order chi connectivity index (χ1) is 11.8. The molecule has 1 aromatic rings. The SMILES string of the molecule is CC(C)N(C=Nc1ccn([C@@H]2O[C@H](CO)[C@@H](O)[C@@H]2O)c(=O)n1)C(C)C. The molecule has 0 amide bonds. The number of hydrogen-bond acceptors (Lipinski definition) is 7. The average Bonchev–Trinajstić information content (AvgIpc) is 2.82. The van der Waals surface area contributed by atoms with Crippen LogP contribution in [0.15, 0.2) is 22.1 Å². The van der Waals surface area contributed by atoms with Crippen LogP contribution in [0.5, 0.6) is 0 Å². The molecule has 0 aliphatic carbocycles. The lowest BCUT2D eigenvalue weighted by Gasteiger charge is -2.28. The molecule has 1 saturated heterocycles. The molecule has 9 heteroatoms. The van der Waals surface area contributed by atoms with Crippen molar-refractivity contribution in [2.24, 2.45) is 4.99 Å². The molecule has 140 valence electrons. The molecule has 0 saturated carbocycles. The van der Waals surface area contributed by atoms with E-state index in [4.69, 9.17) is 9.84 Å². The third kappa shape index (κ3) is 4.24. The van der Waals surface area contributed by atoms with Crippen LogP contribution < -0.4 is 5.69 Å². The van der Waals surface area contributed by atoms with Gasteiger partial charge in [0.2, 0.25) is 0 Å². The number of aliphatic hydroxyl groups excluding tert-OH is 3. The molecule has 2 rings (SSSR count). The Morgan fingerprint density at radius 3 is 2.44 bits per heavy atom. The Morgan fingerprint density at radius 2 is 1.96 bits per heavy atom. The Morgan fingerprint density at radius 1 is 1.32 bits per heavy atom. The van der Waals surface area contributed by atoms with Gasteiger partial charge in [-0.1, -0.05) is 0 Å². The summed E-state index contributed by atoms with van der Waals surface area (Å²) >= 11 is 0. The number of hydrogen-bond donors (Lipinski definition) is 3. The summed E-state index contributed by atoms with van der Waals surface area (Å²) in [7, 11) is 0. The molecular weight excluding hydrogens is 328 g/mol. The van der Waals surface area contributed by atoms with E-state index in [9.17, 15) is 15.0 Å². The van der Waals surface area contributed by atoms with E-state index in [1.807, 2.05) is 32.6 Å². The predicted molar refractivity (Wildman–Crippen MR) is 91.8 cm³/mol. The number of aromatic nitrogens is 2. The molecule has 4 atom stereocenters. The van der Waals surface area contributed by atoms with Crippen molar-refractivity contribution in [2.75, 3.05) is 6.61 Å². The van der Waals surface area contributed by atoms with Crippen molar-refractivity contribution >= 4 is 12.2 Å². The molecule has 1 fully saturated rings. The second kappa shape index (κ2) is 8.05. The standard InChI is InChI=1S/C16H26N4O5/c1-9(2)20(10(3)4)8-17-12-5-6-19(16(24)18-12)15-14(23)13(22)11(7-21)25-15/h5-6,8-11,13-15,21-23H,7H2,1-4H3/t11-,13-,14+,15-/m1/s1. The molecule has 1 aliphatic rings. The zero-order valence-electron chi connectivity index (χ0n) is 14.9. The molecule has 9 nitrogen and oxygen atoms in total. The summed E-state index contributed by atoms with van der Waals surface area (Å²) in [5.41, 5.74) is -0.662. The number of rotatable bonds is 6. The van der Waals surface area contributed by atoms with Gasteiger partial charge in [0.1, 0.15) is 18.3 Å². The van der Waals surface area contributed by atoms with E-state index in [0.717, 1.165) is 4.57 Å². The lowest BCUT2D eigenvalue weighted by molar-refractivity contribution is -0.0549. The van der Waals surface area contributed by atoms with Crippen molar-refractivity contribution in [3.63, 3.8) is 0 Å². The molecule has 3 N–H and O–H groups in total. The summed E-state index contributed by atoms with van der Waals surface area (Å²) in [6, 6.07) is 2.02. The molecule has 0 radical (unpaired) electrons. The van der Waals surface area contributed by atoms with Gasteiger partial charge in [-0.3, -0.25) is 4.57 Å². The molecule has 25 heavy (non-hydrogen) atoms. The highest BCUT2D eigenvalue weighted by Crippen LogP contribution is 2.28. The van der Waals surface area contributed by atoms with Crippen molar-refractivity contribution in [1.29, 1.82) is 0 Å². The molecule has 0 unspecified atom stereocenters. The Labute approximate surface area is 146 Å². The third-order valence-corrected chi connectivity index (χ3v) is 4.12. The van der Waals surface area contributed by atoms with Gasteiger partial charge in [-0.05, 0) is 33.8 Å². The van der Waals surface area contributed by atoms with E-state index in [0.29, 0.717) is 0 Å². The lowest BCUT2D eigenvalue weighted by atomic mass is 10.1. The second-order valence-corrected chi connectivity index (χ2v) is 6.58. The van der Waals surface area contributed by atoms with Gasteiger partial charge in [0.15, 0.2) is 12.0 Å². The first kappa shape index (κ1) is 19.5. The normalized spacial score (nSPS) is 26.9. The summed E-state index contributed by atoms with van der Waals surface area (Å²) in [5, 5.41) is 28.9. The fraction of sp³-hybridized carbons (Fsp3) is 0.688. The van der Waals surface area contributed by atoms with E-state index in [2.05, 4.69) is 9.98 Å². The van der Waals surface area contributed by atoms with Gasteiger partial charge in [0, 0.05) is 18.3 Å². The first-order valence-electron chi connectivity index (χ1n) is 8.29. The van der Waals surface area contributed by atoms with Gasteiger partial charge in [-0.2, -0.15) is 4.98 Å². The van der Waals surface area contributed by atoms with Crippen LogP contribution in [0.3, 0.4) is 0 Å². The van der Waals surface area contributed by atoms with Crippen molar-refractivity contribution in [2.45, 2.75) is 64.3 Å². The number of nitrogens with zero attached hydrogens (tertiary/aromatic N) is 4. The minimum Gasteiger partial charge on any atom is -0.394 e. The van der Waals surface area contributed by atoms with E-state index in [1.165, 1.54) is 12.3 Å². The monoisotopic (exact) mass is 354 g/mol. The fourth-order valence-electron chi connectivity index (χ4n) is 2.77. The van der Waals surface area contributed by atoms with Crippen LogP contribution in [-0.4, -0.2) is 73.1 Å². The maximum absolute atomic E-state index is 12.2. The van der Waals surface area contributed by atoms with E-state index >= 15 is 0 Å². The highest BCUT2D eigenvalue weighted by Gasteiger charge is 2.43. The number of ether oxygens (including phenoxy) is 1. The smallest absolute Gasteiger partial charge is 0.351 e. The summed E-state index contributed by atoms with van der Waals surface area (Å²) in [6.45, 7) is 7.70. The van der Waals surface area contributed by atoms with Crippen molar-refractivity contribution in [3.05, 3.63) is 22.7 Å². The van der Waals surface area contributed by atoms with Gasteiger partial charge in [-0.25, -0.2) is 9.79 Å². The minimum absolute atomic E-state index is 0.235. The zero-order valence-corrected chi connectivity index (χ0v) is 14.9. The number of aliphatic imine (C=N–C) groups is 1. The summed E-state index contributed by atoms with van der Waals surface area (Å²) in [5.74, 6) is 0.235. The Kier molecular flexibility index (Phi) is 6.28. The quantitative estimate of drug-likeness (QED) is 0.471. The van der Waals surface area contributed by atoms with Crippen LogP contribution in [-0.2, 0) is 4.74 Å². The Hall–Kier alpha value is -1.81. The second-order valence-electron chi connectivity index (χ2n) is 6.58. The molecule has 2 heterocycles. The van der Waals surface area contributed by atoms with E-state index < -0.39 is 36.8 Å². The largest absolute Gasteiger partial charge is 0.394 e. The Balaban J connectivity index is 2.20. The number of aliphatic hydroxyl groups is 3. The van der Waals surface area contributed by atoms with Crippen LogP contribution in [0.1, 0.15) is 33.9 Å². The van der Waals surface area contributed by atoms with Crippen LogP contribution in [0.25, 0.3) is 0 Å². The van der Waals surface area contributed by atoms with Crippen molar-refractivity contribution in [1.82, 2.24) is 14.5 Å². The third-order valence-electron chi connectivity index (χ3n) is 4.12. The maximum atomic E-state index is 12.2. The molecular formula is C16H26N4O5. The van der Waals surface area contributed by atoms with Crippen LogP contribution in [0.4, 0.5) is 5.82 Å². The van der Waals surface area contributed by atoms with Crippen molar-refractivity contribution in [3.8, 4) is 0 Å². The van der Waals surface area contributed by atoms with Gasteiger partial charge < -0.3 is 25.0 Å². The van der Waals surface area contributed by atoms with E-state index in [-0.39, 0.29) is 17.9 Å². The summed E-state index contributed by atoms with van der Waals surface area (Å²) < 4.78 is 6.40. The van der Waals surface area contributed by atoms with E-state index in [1.54, 1.807) is 6.34 Å². The average molecular weight is 354 g/mol. The minimum atomic E-state index is -1.33. The topological polar surface area (TPSA) is 120 Å². The lowest BCUT2D eigenvalue weighted by Crippen LogP contribution is -2.36. The summed E-state index contributed by atoms with van der Waals surface area (Å²) in [4.78, 5) is 22.3. The molecule has 1 aromatic heterocycles. The molecule has 0 bridgehead atoms. The zero-order chi connectivity index (χ0) is 18.7. The molecule has 0 aromatic carbocycles. The van der Waals surface area contributed by atoms with Gasteiger partial charge in [0.25, 0.3) is 0 Å². The van der Waals surface area contributed by atoms with Crippen LogP contribution >= 0.6 is 0 Å². The first-order valence-corrected chi connectivity index (χ1v) is 8.29. The Bertz CT molecular complexity index is 652. The van der Waals surface area contributed by atoms with Crippen LogP contribution in [0, 0.1) is 0 Å².